The Morgan fingerprint density at radius 1 is 1.16 bits per heavy atom. The normalized spacial score (nSPS) is 23.5. The Morgan fingerprint density at radius 2 is 1.88 bits per heavy atom. The number of hydrogen-bond donors (Lipinski definition) is 2. The van der Waals surface area contributed by atoms with Crippen LogP contribution < -0.4 is 10.1 Å². The van der Waals surface area contributed by atoms with Crippen molar-refractivity contribution < 1.29 is 24.2 Å². The van der Waals surface area contributed by atoms with E-state index in [1.54, 1.807) is 12.1 Å². The van der Waals surface area contributed by atoms with Crippen molar-refractivity contribution in [3.05, 3.63) is 46.3 Å². The number of allylic oxidation sites excluding steroid dienone is 3. The smallest absolute Gasteiger partial charge is 0.337 e. The topological polar surface area (TPSA) is 84.9 Å². The minimum Gasteiger partial charge on any atom is -0.504 e. The lowest BCUT2D eigenvalue weighted by Crippen LogP contribution is -2.39. The third-order valence-corrected chi connectivity index (χ3v) is 6.82. The molecular weight excluding hydrogens is 406 g/mol. The Kier molecular flexibility index (Phi) is 6.06. The van der Waals surface area contributed by atoms with E-state index in [0.29, 0.717) is 34.6 Å². The van der Waals surface area contributed by atoms with Gasteiger partial charge in [-0.25, -0.2) is 4.79 Å². The fourth-order valence-electron chi connectivity index (χ4n) is 5.32. The van der Waals surface area contributed by atoms with Crippen LogP contribution in [0, 0.1) is 5.41 Å². The number of esters is 1. The number of aromatic hydroxyl groups is 1. The van der Waals surface area contributed by atoms with E-state index >= 15 is 0 Å². The van der Waals surface area contributed by atoms with E-state index in [1.165, 1.54) is 13.5 Å². The van der Waals surface area contributed by atoms with Crippen LogP contribution in [0.1, 0.15) is 77.2 Å². The first-order valence-corrected chi connectivity index (χ1v) is 11.5. The molecule has 4 rings (SSSR count). The summed E-state index contributed by atoms with van der Waals surface area (Å²) >= 11 is 0. The molecule has 1 aromatic carbocycles. The molecule has 0 bridgehead atoms. The van der Waals surface area contributed by atoms with Crippen LogP contribution in [0.4, 0.5) is 0 Å². The van der Waals surface area contributed by atoms with Gasteiger partial charge in [0.1, 0.15) is 6.10 Å². The number of ketones is 1. The molecule has 0 aromatic heterocycles. The van der Waals surface area contributed by atoms with Gasteiger partial charge in [0.05, 0.1) is 12.7 Å². The molecule has 1 heterocycles. The molecule has 172 valence electrons. The van der Waals surface area contributed by atoms with Gasteiger partial charge in [-0.05, 0) is 62.1 Å². The van der Waals surface area contributed by atoms with Crippen LogP contribution in [-0.4, -0.2) is 30.1 Å². The Labute approximate surface area is 189 Å². The first kappa shape index (κ1) is 22.4. The zero-order valence-corrected chi connectivity index (χ0v) is 19.4. The Bertz CT molecular complexity index is 997. The highest BCUT2D eigenvalue weighted by Gasteiger charge is 2.43. The van der Waals surface area contributed by atoms with Gasteiger partial charge in [0, 0.05) is 29.3 Å². The maximum atomic E-state index is 13.4. The number of rotatable bonds is 4. The lowest BCUT2D eigenvalue weighted by Gasteiger charge is -2.39. The van der Waals surface area contributed by atoms with E-state index < -0.39 is 5.92 Å². The molecular formula is C26H33NO5. The average Bonchev–Trinajstić information content (AvgIpc) is 2.72. The number of carbonyl (C=O) groups is 2. The Hall–Kier alpha value is -2.76. The first-order chi connectivity index (χ1) is 15.2. The monoisotopic (exact) mass is 439 g/mol. The number of nitrogens with one attached hydrogen (secondary N) is 1. The number of hydrogen-bond acceptors (Lipinski definition) is 6. The molecule has 6 heteroatoms. The molecule has 3 aliphatic rings. The summed E-state index contributed by atoms with van der Waals surface area (Å²) in [5, 5.41) is 13.8. The number of benzene rings is 1. The second-order valence-corrected chi connectivity index (χ2v) is 10.0. The summed E-state index contributed by atoms with van der Waals surface area (Å²) in [5.74, 6) is -0.611. The molecule has 0 saturated heterocycles. The summed E-state index contributed by atoms with van der Waals surface area (Å²) in [4.78, 5) is 26.8. The van der Waals surface area contributed by atoms with Crippen LogP contribution in [0.25, 0.3) is 0 Å². The SMILES string of the molecule is COc1ccc([C@H]2C(C(=O)OC3CCCCC3)=C(C)NC3=C2C(=O)CC(C)(C)C3)cc1O. The van der Waals surface area contributed by atoms with E-state index in [-0.39, 0.29) is 29.0 Å². The van der Waals surface area contributed by atoms with Gasteiger partial charge in [-0.2, -0.15) is 0 Å². The van der Waals surface area contributed by atoms with Crippen molar-refractivity contribution in [2.75, 3.05) is 7.11 Å². The molecule has 0 amide bonds. The zero-order chi connectivity index (χ0) is 23.0. The number of Topliss-reactive ketones (excluding diaryl/α,β-unsaturated/α-hetero) is 1. The van der Waals surface area contributed by atoms with Crippen molar-refractivity contribution in [2.45, 2.75) is 77.7 Å². The molecule has 0 unspecified atom stereocenters. The molecule has 1 saturated carbocycles. The van der Waals surface area contributed by atoms with Crippen LogP contribution in [0.2, 0.25) is 0 Å². The maximum Gasteiger partial charge on any atom is 0.337 e. The van der Waals surface area contributed by atoms with Crippen LogP contribution in [-0.2, 0) is 14.3 Å². The van der Waals surface area contributed by atoms with Gasteiger partial charge in [-0.1, -0.05) is 26.3 Å². The minimum absolute atomic E-state index is 0.0214. The largest absolute Gasteiger partial charge is 0.504 e. The predicted molar refractivity (Wildman–Crippen MR) is 121 cm³/mol. The molecule has 32 heavy (non-hydrogen) atoms. The molecule has 1 atom stereocenters. The third kappa shape index (κ3) is 4.27. The fourth-order valence-corrected chi connectivity index (χ4v) is 5.32. The molecule has 6 nitrogen and oxygen atoms in total. The first-order valence-electron chi connectivity index (χ1n) is 11.5. The average molecular weight is 440 g/mol. The number of phenolic OH excluding ortho intramolecular Hbond substituents is 1. The highest BCUT2D eigenvalue weighted by Crippen LogP contribution is 2.48. The van der Waals surface area contributed by atoms with Crippen LogP contribution in [0.15, 0.2) is 40.7 Å². The quantitative estimate of drug-likeness (QED) is 0.651. The number of phenols is 1. The molecule has 1 fully saturated rings. The van der Waals surface area contributed by atoms with E-state index in [9.17, 15) is 14.7 Å². The van der Waals surface area contributed by atoms with Crippen molar-refractivity contribution in [1.29, 1.82) is 0 Å². The van der Waals surface area contributed by atoms with Crippen molar-refractivity contribution in [2.24, 2.45) is 5.41 Å². The van der Waals surface area contributed by atoms with Crippen LogP contribution in [0.3, 0.4) is 0 Å². The fraction of sp³-hybridized carbons (Fsp3) is 0.538. The summed E-state index contributed by atoms with van der Waals surface area (Å²) in [5.41, 5.74) is 3.14. The molecule has 1 aliphatic heterocycles. The number of ether oxygens (including phenoxy) is 2. The summed E-state index contributed by atoms with van der Waals surface area (Å²) < 4.78 is 11.1. The Balaban J connectivity index is 1.78. The second-order valence-electron chi connectivity index (χ2n) is 10.0. The Morgan fingerprint density at radius 3 is 2.53 bits per heavy atom. The third-order valence-electron chi connectivity index (χ3n) is 6.82. The molecule has 1 aromatic rings. The standard InChI is InChI=1S/C26H33NO5/c1-15-22(25(30)32-17-8-6-5-7-9-17)23(16-10-11-21(31-4)19(28)12-16)24-18(27-15)13-26(2,3)14-20(24)29/h10-12,17,23,27-28H,5-9,13-14H2,1-4H3/t23-/m0/s1. The van der Waals surface area contributed by atoms with Crippen molar-refractivity contribution in [3.8, 4) is 11.5 Å². The summed E-state index contributed by atoms with van der Waals surface area (Å²) in [6, 6.07) is 5.07. The summed E-state index contributed by atoms with van der Waals surface area (Å²) in [6.07, 6.45) is 6.09. The number of methoxy groups -OCH3 is 1. The van der Waals surface area contributed by atoms with Crippen LogP contribution >= 0.6 is 0 Å². The number of carbonyl (C=O) groups excluding carboxylic acids is 2. The molecule has 2 N–H and O–H groups in total. The molecule has 0 spiro atoms. The minimum atomic E-state index is -0.581. The number of dihydropyridines is 1. The van der Waals surface area contributed by atoms with Crippen molar-refractivity contribution in [1.82, 2.24) is 5.32 Å². The molecule has 2 aliphatic carbocycles. The highest BCUT2D eigenvalue weighted by molar-refractivity contribution is 6.04. The van der Waals surface area contributed by atoms with Gasteiger partial charge in [0.2, 0.25) is 0 Å². The van der Waals surface area contributed by atoms with E-state index in [2.05, 4.69) is 19.2 Å². The highest BCUT2D eigenvalue weighted by atomic mass is 16.5. The van der Waals surface area contributed by atoms with Gasteiger partial charge in [0.15, 0.2) is 17.3 Å². The van der Waals surface area contributed by atoms with Crippen molar-refractivity contribution in [3.63, 3.8) is 0 Å². The van der Waals surface area contributed by atoms with Gasteiger partial charge >= 0.3 is 5.97 Å². The predicted octanol–water partition coefficient (Wildman–Crippen LogP) is 4.88. The van der Waals surface area contributed by atoms with Gasteiger partial charge in [0.25, 0.3) is 0 Å². The second kappa shape index (κ2) is 8.64. The van der Waals surface area contributed by atoms with Gasteiger partial charge in [-0.3, -0.25) is 4.79 Å². The summed E-state index contributed by atoms with van der Waals surface area (Å²) in [7, 11) is 1.49. The summed E-state index contributed by atoms with van der Waals surface area (Å²) in [6.45, 7) is 6.02. The van der Waals surface area contributed by atoms with E-state index in [0.717, 1.165) is 37.8 Å². The maximum absolute atomic E-state index is 13.4. The van der Waals surface area contributed by atoms with E-state index in [1.807, 2.05) is 13.0 Å². The lowest BCUT2D eigenvalue weighted by molar-refractivity contribution is -0.146. The van der Waals surface area contributed by atoms with Gasteiger partial charge in [-0.15, -0.1) is 0 Å². The van der Waals surface area contributed by atoms with E-state index in [4.69, 9.17) is 9.47 Å². The lowest BCUT2D eigenvalue weighted by atomic mass is 9.68. The zero-order valence-electron chi connectivity index (χ0n) is 19.4. The van der Waals surface area contributed by atoms with Crippen molar-refractivity contribution >= 4 is 11.8 Å². The van der Waals surface area contributed by atoms with Crippen LogP contribution in [0.5, 0.6) is 11.5 Å². The molecule has 0 radical (unpaired) electrons. The van der Waals surface area contributed by atoms with Gasteiger partial charge < -0.3 is 19.9 Å².